The van der Waals surface area contributed by atoms with Crippen molar-refractivity contribution in [1.82, 2.24) is 15.1 Å². The summed E-state index contributed by atoms with van der Waals surface area (Å²) < 4.78 is 1.93. The van der Waals surface area contributed by atoms with Gasteiger partial charge in [0.2, 0.25) is 0 Å². The maximum Gasteiger partial charge on any atom is 0.0564 e. The van der Waals surface area contributed by atoms with Crippen LogP contribution in [0.2, 0.25) is 0 Å². The molecule has 0 amide bonds. The Kier molecular flexibility index (Phi) is 3.67. The predicted octanol–water partition coefficient (Wildman–Crippen LogP) is 2.52. The maximum absolute atomic E-state index is 4.29. The highest BCUT2D eigenvalue weighted by molar-refractivity contribution is 5.55. The smallest absolute Gasteiger partial charge is 0.0564 e. The Bertz CT molecular complexity index is 411. The number of hydrogen-bond acceptors (Lipinski definition) is 2. The number of rotatable bonds is 5. The lowest BCUT2D eigenvalue weighted by Gasteiger charge is -2.12. The van der Waals surface area contributed by atoms with E-state index in [1.165, 1.54) is 29.7 Å². The number of aryl methyl sites for hydroxylation is 1. The predicted molar refractivity (Wildman–Crippen MR) is 71.8 cm³/mol. The summed E-state index contributed by atoms with van der Waals surface area (Å²) in [4.78, 5) is 0. The van der Waals surface area contributed by atoms with Gasteiger partial charge in [-0.2, -0.15) is 5.10 Å². The van der Waals surface area contributed by atoms with Gasteiger partial charge in [-0.25, -0.2) is 0 Å². The van der Waals surface area contributed by atoms with E-state index in [1.54, 1.807) is 0 Å². The number of nitrogens with zero attached hydrogens (tertiary/aromatic N) is 2. The molecule has 94 valence electrons. The minimum Gasteiger partial charge on any atom is -0.310 e. The molecule has 0 aliphatic heterocycles. The van der Waals surface area contributed by atoms with Crippen LogP contribution in [0, 0.1) is 12.8 Å². The Morgan fingerprint density at radius 2 is 2.29 bits per heavy atom. The molecule has 1 aromatic rings. The average molecular weight is 233 g/mol. The van der Waals surface area contributed by atoms with E-state index in [9.17, 15) is 0 Å². The fraction of sp³-hybridized carbons (Fsp3) is 0.643. The third-order valence-corrected chi connectivity index (χ3v) is 3.53. The molecular formula is C14H23N3. The second kappa shape index (κ2) is 5.05. The second-order valence-corrected chi connectivity index (χ2v) is 5.34. The lowest BCUT2D eigenvalue weighted by Crippen LogP contribution is -2.21. The zero-order valence-corrected chi connectivity index (χ0v) is 11.3. The molecule has 1 aliphatic carbocycles. The van der Waals surface area contributed by atoms with Crippen LogP contribution in [0.1, 0.15) is 37.9 Å². The average Bonchev–Trinajstić information content (AvgIpc) is 3.05. The Morgan fingerprint density at radius 3 is 2.76 bits per heavy atom. The molecule has 17 heavy (non-hydrogen) atoms. The molecule has 1 N–H and O–H groups in total. The summed E-state index contributed by atoms with van der Waals surface area (Å²) in [5.74, 6) is 0.584. The highest BCUT2D eigenvalue weighted by Gasteiger charge is 2.20. The zero-order chi connectivity index (χ0) is 12.4. The second-order valence-electron chi connectivity index (χ2n) is 5.34. The van der Waals surface area contributed by atoms with Crippen molar-refractivity contribution in [2.24, 2.45) is 13.0 Å². The van der Waals surface area contributed by atoms with Crippen LogP contribution in [0.15, 0.2) is 11.8 Å². The first-order chi connectivity index (χ1) is 8.08. The molecule has 1 aromatic heterocycles. The van der Waals surface area contributed by atoms with Gasteiger partial charge in [0, 0.05) is 30.9 Å². The Morgan fingerprint density at radius 1 is 1.59 bits per heavy atom. The lowest BCUT2D eigenvalue weighted by atomic mass is 10.0. The molecule has 0 unspecified atom stereocenters. The van der Waals surface area contributed by atoms with E-state index in [4.69, 9.17) is 0 Å². The van der Waals surface area contributed by atoms with Crippen molar-refractivity contribution in [2.45, 2.75) is 39.7 Å². The quantitative estimate of drug-likeness (QED) is 0.847. The van der Waals surface area contributed by atoms with Gasteiger partial charge in [0.15, 0.2) is 0 Å². The molecule has 0 bridgehead atoms. The molecule has 0 atom stereocenters. The summed E-state index contributed by atoms with van der Waals surface area (Å²) >= 11 is 0. The van der Waals surface area contributed by atoms with Gasteiger partial charge in [0.1, 0.15) is 0 Å². The van der Waals surface area contributed by atoms with Crippen molar-refractivity contribution in [3.63, 3.8) is 0 Å². The molecule has 0 aromatic carbocycles. The third-order valence-electron chi connectivity index (χ3n) is 3.53. The first-order valence-electron chi connectivity index (χ1n) is 6.50. The molecule has 1 saturated carbocycles. The molecule has 1 aliphatic rings. The van der Waals surface area contributed by atoms with E-state index in [2.05, 4.69) is 37.3 Å². The SMILES string of the molecule is Cc1c(C=C(CNC2CC2)C(C)C)cnn1C. The van der Waals surface area contributed by atoms with Crippen LogP contribution in [-0.4, -0.2) is 22.4 Å². The standard InChI is InChI=1S/C14H23N3/c1-10(2)12(8-15-14-5-6-14)7-13-9-16-17(4)11(13)3/h7,9-10,14-15H,5-6,8H2,1-4H3. The van der Waals surface area contributed by atoms with Crippen LogP contribution in [0.4, 0.5) is 0 Å². The summed E-state index contributed by atoms with van der Waals surface area (Å²) in [6.07, 6.45) is 6.94. The molecule has 0 radical (unpaired) electrons. The van der Waals surface area contributed by atoms with Crippen LogP contribution < -0.4 is 5.32 Å². The van der Waals surface area contributed by atoms with E-state index in [-0.39, 0.29) is 0 Å². The molecule has 0 saturated heterocycles. The summed E-state index contributed by atoms with van der Waals surface area (Å²) in [5.41, 5.74) is 3.94. The van der Waals surface area contributed by atoms with Crippen molar-refractivity contribution in [3.05, 3.63) is 23.0 Å². The molecule has 3 heteroatoms. The van der Waals surface area contributed by atoms with E-state index in [1.807, 2.05) is 17.9 Å². The van der Waals surface area contributed by atoms with E-state index >= 15 is 0 Å². The third kappa shape index (κ3) is 3.19. The van der Waals surface area contributed by atoms with Crippen molar-refractivity contribution in [1.29, 1.82) is 0 Å². The van der Waals surface area contributed by atoms with Crippen molar-refractivity contribution in [3.8, 4) is 0 Å². The summed E-state index contributed by atoms with van der Waals surface area (Å²) in [6, 6.07) is 0.771. The number of nitrogens with one attached hydrogen (secondary N) is 1. The first kappa shape index (κ1) is 12.4. The molecule has 1 heterocycles. The molecular weight excluding hydrogens is 210 g/mol. The van der Waals surface area contributed by atoms with Crippen molar-refractivity contribution in [2.75, 3.05) is 6.54 Å². The number of aromatic nitrogens is 2. The van der Waals surface area contributed by atoms with Gasteiger partial charge < -0.3 is 5.32 Å². The maximum atomic E-state index is 4.29. The van der Waals surface area contributed by atoms with Gasteiger partial charge in [0.25, 0.3) is 0 Å². The van der Waals surface area contributed by atoms with Gasteiger partial charge in [-0.05, 0) is 25.7 Å². The minimum absolute atomic E-state index is 0.584. The van der Waals surface area contributed by atoms with Gasteiger partial charge in [-0.3, -0.25) is 4.68 Å². The fourth-order valence-electron chi connectivity index (χ4n) is 1.83. The van der Waals surface area contributed by atoms with Crippen LogP contribution in [0.5, 0.6) is 0 Å². The molecule has 2 rings (SSSR count). The van der Waals surface area contributed by atoms with E-state index in [0.717, 1.165) is 12.6 Å². The van der Waals surface area contributed by atoms with E-state index in [0.29, 0.717) is 5.92 Å². The van der Waals surface area contributed by atoms with Crippen LogP contribution >= 0.6 is 0 Å². The van der Waals surface area contributed by atoms with Gasteiger partial charge >= 0.3 is 0 Å². The highest BCUT2D eigenvalue weighted by atomic mass is 15.3. The van der Waals surface area contributed by atoms with Crippen LogP contribution in [-0.2, 0) is 7.05 Å². The normalized spacial score (nSPS) is 16.9. The lowest BCUT2D eigenvalue weighted by molar-refractivity contribution is 0.662. The first-order valence-corrected chi connectivity index (χ1v) is 6.50. The minimum atomic E-state index is 0.584. The van der Waals surface area contributed by atoms with Gasteiger partial charge in [0.05, 0.1) is 6.20 Å². The monoisotopic (exact) mass is 233 g/mol. The summed E-state index contributed by atoms with van der Waals surface area (Å²) in [5, 5.41) is 7.88. The zero-order valence-electron chi connectivity index (χ0n) is 11.3. The van der Waals surface area contributed by atoms with E-state index < -0.39 is 0 Å². The Balaban J connectivity index is 2.10. The van der Waals surface area contributed by atoms with Gasteiger partial charge in [-0.1, -0.05) is 25.5 Å². The van der Waals surface area contributed by atoms with Crippen LogP contribution in [0.25, 0.3) is 6.08 Å². The van der Waals surface area contributed by atoms with Crippen molar-refractivity contribution >= 4 is 6.08 Å². The molecule has 1 fully saturated rings. The topological polar surface area (TPSA) is 29.9 Å². The summed E-state index contributed by atoms with van der Waals surface area (Å²) in [7, 11) is 1.99. The van der Waals surface area contributed by atoms with Crippen molar-refractivity contribution < 1.29 is 0 Å². The number of hydrogen-bond donors (Lipinski definition) is 1. The summed E-state index contributed by atoms with van der Waals surface area (Å²) in [6.45, 7) is 7.64. The largest absolute Gasteiger partial charge is 0.310 e. The molecule has 0 spiro atoms. The Labute approximate surface area is 104 Å². The Hall–Kier alpha value is -1.09. The fourth-order valence-corrected chi connectivity index (χ4v) is 1.83. The van der Waals surface area contributed by atoms with Gasteiger partial charge in [-0.15, -0.1) is 0 Å². The van der Waals surface area contributed by atoms with Crippen LogP contribution in [0.3, 0.4) is 0 Å². The highest BCUT2D eigenvalue weighted by Crippen LogP contribution is 2.21. The molecule has 3 nitrogen and oxygen atoms in total.